The predicted octanol–water partition coefficient (Wildman–Crippen LogP) is 3.30. The molecule has 2 aliphatic heterocycles. The van der Waals surface area contributed by atoms with Gasteiger partial charge in [0, 0.05) is 49.6 Å². The second-order valence-corrected chi connectivity index (χ2v) is 11.9. The van der Waals surface area contributed by atoms with Crippen molar-refractivity contribution in [2.75, 3.05) is 31.8 Å². The number of methoxy groups -OCH3 is 1. The maximum Gasteiger partial charge on any atom is 0.250 e. The second-order valence-electron chi connectivity index (χ2n) is 11.9. The lowest BCUT2D eigenvalue weighted by Crippen LogP contribution is -2.60. The lowest BCUT2D eigenvalue weighted by Gasteiger charge is -2.44. The molecule has 0 bridgehead atoms. The molecule has 3 heterocycles. The Morgan fingerprint density at radius 2 is 1.84 bits per heavy atom. The SMILES string of the molecule is COc1ccc(CC(NC(=O)CCc2cnc[nH]2)C(=O)N2CCC3(CC2)C(=O)N(C2CCC2)CN3c2ccccc2)cc1. The molecule has 3 aromatic rings. The number of anilines is 1. The summed E-state index contributed by atoms with van der Waals surface area (Å²) in [5.41, 5.74) is 2.18. The minimum atomic E-state index is -0.715. The van der Waals surface area contributed by atoms with Crippen molar-refractivity contribution >= 4 is 23.4 Å². The molecule has 6 rings (SSSR count). The summed E-state index contributed by atoms with van der Waals surface area (Å²) in [5, 5.41) is 3.01. The average Bonchev–Trinajstić information content (AvgIpc) is 3.63. The fourth-order valence-electron chi connectivity index (χ4n) is 6.59. The van der Waals surface area contributed by atoms with Crippen LogP contribution in [0.1, 0.15) is 49.8 Å². The summed E-state index contributed by atoms with van der Waals surface area (Å²) in [6, 6.07) is 17.3. The number of amides is 3. The third kappa shape index (κ3) is 5.96. The lowest BCUT2D eigenvalue weighted by atomic mass is 9.84. The van der Waals surface area contributed by atoms with E-state index in [0.29, 0.717) is 51.5 Å². The van der Waals surface area contributed by atoms with E-state index in [-0.39, 0.29) is 24.1 Å². The van der Waals surface area contributed by atoms with Gasteiger partial charge in [0.15, 0.2) is 0 Å². The quantitative estimate of drug-likeness (QED) is 0.379. The molecule has 10 nitrogen and oxygen atoms in total. The van der Waals surface area contributed by atoms with Gasteiger partial charge in [0.05, 0.1) is 20.1 Å². The first-order valence-corrected chi connectivity index (χ1v) is 15.3. The standard InChI is InChI=1S/C33H40N6O4/c1-43-28-13-10-24(11-14-28)20-29(36-30(40)15-12-25-21-34-22-35-25)31(41)37-18-16-33(17-19-37)32(42)38(26-8-5-9-26)23-39(33)27-6-3-2-4-7-27/h2-4,6-7,10-11,13-14,21-22,26,29H,5,8-9,12,15-20,23H2,1H3,(H,34,35)(H,36,40). The van der Waals surface area contributed by atoms with E-state index in [1.54, 1.807) is 19.6 Å². The molecular weight excluding hydrogens is 544 g/mol. The summed E-state index contributed by atoms with van der Waals surface area (Å²) >= 11 is 0. The molecule has 1 aromatic heterocycles. The molecule has 3 fully saturated rings. The van der Waals surface area contributed by atoms with Gasteiger partial charge in [0.2, 0.25) is 17.7 Å². The van der Waals surface area contributed by atoms with Gasteiger partial charge in [0.1, 0.15) is 17.3 Å². The van der Waals surface area contributed by atoms with Crippen molar-refractivity contribution in [2.45, 2.75) is 69.0 Å². The highest BCUT2D eigenvalue weighted by molar-refractivity contribution is 5.94. The van der Waals surface area contributed by atoms with Gasteiger partial charge in [-0.1, -0.05) is 30.3 Å². The minimum Gasteiger partial charge on any atom is -0.497 e. The van der Waals surface area contributed by atoms with Crippen LogP contribution in [0.4, 0.5) is 5.69 Å². The summed E-state index contributed by atoms with van der Waals surface area (Å²) in [6.45, 7) is 1.50. The molecule has 2 N–H and O–H groups in total. The second kappa shape index (κ2) is 12.5. The van der Waals surface area contributed by atoms with Crippen molar-refractivity contribution in [1.82, 2.24) is 25.1 Å². The van der Waals surface area contributed by atoms with E-state index in [1.165, 1.54) is 0 Å². The number of carbonyl (C=O) groups excluding carboxylic acids is 3. The van der Waals surface area contributed by atoms with Crippen LogP contribution >= 0.6 is 0 Å². The van der Waals surface area contributed by atoms with Gasteiger partial charge in [-0.25, -0.2) is 4.98 Å². The number of benzene rings is 2. The van der Waals surface area contributed by atoms with E-state index >= 15 is 0 Å². The Morgan fingerprint density at radius 1 is 1.09 bits per heavy atom. The van der Waals surface area contributed by atoms with Crippen LogP contribution in [0, 0.1) is 0 Å². The molecule has 1 saturated carbocycles. The summed E-state index contributed by atoms with van der Waals surface area (Å²) in [5.74, 6) is 0.618. The van der Waals surface area contributed by atoms with E-state index in [4.69, 9.17) is 4.74 Å². The number of H-pyrrole nitrogens is 1. The number of para-hydroxylation sites is 1. The van der Waals surface area contributed by atoms with E-state index < -0.39 is 11.6 Å². The Balaban J connectivity index is 1.17. The van der Waals surface area contributed by atoms with Crippen LogP contribution < -0.4 is 15.0 Å². The fraction of sp³-hybridized carbons (Fsp3) is 0.455. The Bertz CT molecular complexity index is 1400. The molecular formula is C33H40N6O4. The van der Waals surface area contributed by atoms with Gasteiger partial charge in [-0.15, -0.1) is 0 Å². The molecule has 1 unspecified atom stereocenters. The number of ether oxygens (including phenoxy) is 1. The van der Waals surface area contributed by atoms with Crippen molar-refractivity contribution in [3.8, 4) is 5.75 Å². The maximum absolute atomic E-state index is 14.0. The van der Waals surface area contributed by atoms with Crippen LogP contribution in [-0.4, -0.2) is 82.0 Å². The number of imidazole rings is 1. The third-order valence-electron chi connectivity index (χ3n) is 9.36. The number of likely N-dealkylation sites (tertiary alicyclic amines) is 1. The van der Waals surface area contributed by atoms with Gasteiger partial charge in [-0.05, 0) is 68.4 Å². The molecule has 226 valence electrons. The van der Waals surface area contributed by atoms with Crippen LogP contribution in [0.3, 0.4) is 0 Å². The van der Waals surface area contributed by atoms with Crippen molar-refractivity contribution in [3.05, 3.63) is 78.4 Å². The number of nitrogens with zero attached hydrogens (tertiary/aromatic N) is 4. The van der Waals surface area contributed by atoms with Crippen molar-refractivity contribution in [3.63, 3.8) is 0 Å². The van der Waals surface area contributed by atoms with Crippen LogP contribution in [-0.2, 0) is 27.2 Å². The number of hydrogen-bond donors (Lipinski definition) is 2. The van der Waals surface area contributed by atoms with Gasteiger partial charge in [-0.2, -0.15) is 0 Å². The zero-order valence-corrected chi connectivity index (χ0v) is 24.7. The molecule has 1 spiro atoms. The molecule has 43 heavy (non-hydrogen) atoms. The predicted molar refractivity (Wildman–Crippen MR) is 162 cm³/mol. The van der Waals surface area contributed by atoms with E-state index in [2.05, 4.69) is 37.2 Å². The average molecular weight is 585 g/mol. The van der Waals surface area contributed by atoms with Crippen LogP contribution in [0.5, 0.6) is 5.75 Å². The first-order valence-electron chi connectivity index (χ1n) is 15.3. The Hall–Kier alpha value is -4.34. The van der Waals surface area contributed by atoms with Crippen LogP contribution in [0.2, 0.25) is 0 Å². The number of aromatic nitrogens is 2. The van der Waals surface area contributed by atoms with E-state index in [9.17, 15) is 14.4 Å². The smallest absolute Gasteiger partial charge is 0.250 e. The maximum atomic E-state index is 14.0. The molecule has 3 aliphatic rings. The van der Waals surface area contributed by atoms with Crippen LogP contribution in [0.25, 0.3) is 0 Å². The molecule has 0 radical (unpaired) electrons. The first kappa shape index (κ1) is 28.8. The topological polar surface area (TPSA) is 111 Å². The summed E-state index contributed by atoms with van der Waals surface area (Å²) in [7, 11) is 1.61. The highest BCUT2D eigenvalue weighted by Crippen LogP contribution is 2.42. The third-order valence-corrected chi connectivity index (χ3v) is 9.36. The molecule has 2 saturated heterocycles. The molecule has 2 aromatic carbocycles. The lowest BCUT2D eigenvalue weighted by molar-refractivity contribution is -0.142. The minimum absolute atomic E-state index is 0.117. The highest BCUT2D eigenvalue weighted by Gasteiger charge is 2.56. The summed E-state index contributed by atoms with van der Waals surface area (Å²) < 4.78 is 5.29. The van der Waals surface area contributed by atoms with Crippen molar-refractivity contribution < 1.29 is 19.1 Å². The number of aryl methyl sites for hydroxylation is 1. The number of piperidine rings is 1. The number of rotatable bonds is 10. The fourth-order valence-corrected chi connectivity index (χ4v) is 6.59. The summed E-state index contributed by atoms with van der Waals surface area (Å²) in [6.07, 6.45) is 8.80. The van der Waals surface area contributed by atoms with Gasteiger partial charge in [-0.3, -0.25) is 14.4 Å². The van der Waals surface area contributed by atoms with E-state index in [0.717, 1.165) is 42.0 Å². The number of carbonyl (C=O) groups is 3. The van der Waals surface area contributed by atoms with Crippen molar-refractivity contribution in [2.24, 2.45) is 0 Å². The highest BCUT2D eigenvalue weighted by atomic mass is 16.5. The zero-order valence-electron chi connectivity index (χ0n) is 24.7. The molecule has 1 aliphatic carbocycles. The molecule has 3 amide bonds. The zero-order chi connectivity index (χ0) is 29.8. The number of nitrogens with one attached hydrogen (secondary N) is 2. The number of aromatic amines is 1. The molecule has 10 heteroatoms. The monoisotopic (exact) mass is 584 g/mol. The normalized spacial score (nSPS) is 18.9. The Kier molecular flexibility index (Phi) is 8.35. The largest absolute Gasteiger partial charge is 0.497 e. The van der Waals surface area contributed by atoms with Gasteiger partial charge >= 0.3 is 0 Å². The Labute approximate surface area is 252 Å². The first-order chi connectivity index (χ1) is 21.0. The van der Waals surface area contributed by atoms with E-state index in [1.807, 2.05) is 47.4 Å². The summed E-state index contributed by atoms with van der Waals surface area (Å²) in [4.78, 5) is 54.3. The Morgan fingerprint density at radius 3 is 2.47 bits per heavy atom. The number of hydrogen-bond acceptors (Lipinski definition) is 6. The van der Waals surface area contributed by atoms with Crippen LogP contribution in [0.15, 0.2) is 67.1 Å². The molecule has 1 atom stereocenters. The van der Waals surface area contributed by atoms with Crippen molar-refractivity contribution in [1.29, 1.82) is 0 Å². The van der Waals surface area contributed by atoms with Gasteiger partial charge < -0.3 is 29.7 Å². The van der Waals surface area contributed by atoms with Gasteiger partial charge in [0.25, 0.3) is 0 Å².